The second-order valence-electron chi connectivity index (χ2n) is 4.56. The first-order valence-corrected chi connectivity index (χ1v) is 6.41. The minimum Gasteiger partial charge on any atom is -0.328 e. The van der Waals surface area contributed by atoms with Gasteiger partial charge >= 0.3 is 0 Å². The van der Waals surface area contributed by atoms with Crippen molar-refractivity contribution in [2.75, 3.05) is 0 Å². The zero-order valence-corrected chi connectivity index (χ0v) is 9.46. The van der Waals surface area contributed by atoms with E-state index in [1.165, 1.54) is 34.9 Å². The molecule has 1 heterocycles. The van der Waals surface area contributed by atoms with E-state index in [0.717, 1.165) is 5.92 Å². The van der Waals surface area contributed by atoms with E-state index in [1.807, 2.05) is 11.3 Å². The van der Waals surface area contributed by atoms with Crippen LogP contribution in [0.4, 0.5) is 0 Å². The maximum absolute atomic E-state index is 5.81. The SMILES string of the molecule is NC1CC(Cc2csc3ccccc23)C1. The van der Waals surface area contributed by atoms with Crippen molar-refractivity contribution >= 4 is 21.4 Å². The smallest absolute Gasteiger partial charge is 0.0345 e. The molecule has 0 bridgehead atoms. The molecule has 0 aliphatic heterocycles. The number of nitrogens with two attached hydrogens (primary N) is 1. The van der Waals surface area contributed by atoms with E-state index in [0.29, 0.717) is 6.04 Å². The summed E-state index contributed by atoms with van der Waals surface area (Å²) < 4.78 is 1.41. The lowest BCUT2D eigenvalue weighted by Gasteiger charge is -2.32. The van der Waals surface area contributed by atoms with E-state index in [4.69, 9.17) is 5.73 Å². The summed E-state index contributed by atoms with van der Waals surface area (Å²) in [6.45, 7) is 0. The van der Waals surface area contributed by atoms with Crippen LogP contribution in [0.3, 0.4) is 0 Å². The van der Waals surface area contributed by atoms with Gasteiger partial charge in [0.15, 0.2) is 0 Å². The summed E-state index contributed by atoms with van der Waals surface area (Å²) in [5, 5.41) is 3.76. The minimum absolute atomic E-state index is 0.472. The number of benzene rings is 1. The fourth-order valence-electron chi connectivity index (χ4n) is 2.46. The molecule has 78 valence electrons. The normalized spacial score (nSPS) is 25.4. The summed E-state index contributed by atoms with van der Waals surface area (Å²) in [7, 11) is 0. The third-order valence-electron chi connectivity index (χ3n) is 3.34. The quantitative estimate of drug-likeness (QED) is 0.821. The lowest BCUT2D eigenvalue weighted by molar-refractivity contribution is 0.265. The maximum Gasteiger partial charge on any atom is 0.0345 e. The van der Waals surface area contributed by atoms with Crippen molar-refractivity contribution in [1.82, 2.24) is 0 Å². The van der Waals surface area contributed by atoms with Crippen molar-refractivity contribution in [3.63, 3.8) is 0 Å². The van der Waals surface area contributed by atoms with Gasteiger partial charge in [0.05, 0.1) is 0 Å². The maximum atomic E-state index is 5.81. The van der Waals surface area contributed by atoms with Gasteiger partial charge in [0.2, 0.25) is 0 Å². The Morgan fingerprint density at radius 2 is 2.07 bits per heavy atom. The summed E-state index contributed by atoms with van der Waals surface area (Å²) in [4.78, 5) is 0. The Kier molecular flexibility index (Phi) is 2.26. The number of hydrogen-bond donors (Lipinski definition) is 1. The van der Waals surface area contributed by atoms with Crippen LogP contribution in [-0.4, -0.2) is 6.04 Å². The van der Waals surface area contributed by atoms with Gasteiger partial charge in [0.1, 0.15) is 0 Å². The lowest BCUT2D eigenvalue weighted by Crippen LogP contribution is -2.37. The molecule has 1 aliphatic rings. The van der Waals surface area contributed by atoms with Crippen molar-refractivity contribution in [2.45, 2.75) is 25.3 Å². The zero-order valence-electron chi connectivity index (χ0n) is 8.65. The van der Waals surface area contributed by atoms with Gasteiger partial charge in [-0.15, -0.1) is 11.3 Å². The topological polar surface area (TPSA) is 26.0 Å². The first kappa shape index (κ1) is 9.37. The lowest BCUT2D eigenvalue weighted by atomic mass is 9.77. The Balaban J connectivity index is 1.85. The standard InChI is InChI=1S/C13H15NS/c14-11-6-9(7-11)5-10-8-15-13-4-2-1-3-12(10)13/h1-4,8-9,11H,5-7,14H2. The van der Waals surface area contributed by atoms with Gasteiger partial charge in [0.25, 0.3) is 0 Å². The Hall–Kier alpha value is -0.860. The van der Waals surface area contributed by atoms with Crippen LogP contribution in [-0.2, 0) is 6.42 Å². The largest absolute Gasteiger partial charge is 0.328 e. The number of hydrogen-bond acceptors (Lipinski definition) is 2. The molecule has 1 nitrogen and oxygen atoms in total. The average Bonchev–Trinajstić information content (AvgIpc) is 2.60. The molecule has 0 atom stereocenters. The molecule has 2 aromatic rings. The first-order valence-electron chi connectivity index (χ1n) is 5.53. The van der Waals surface area contributed by atoms with Gasteiger partial charge in [-0.1, -0.05) is 18.2 Å². The fraction of sp³-hybridized carbons (Fsp3) is 0.385. The average molecular weight is 217 g/mol. The Morgan fingerprint density at radius 1 is 1.27 bits per heavy atom. The van der Waals surface area contributed by atoms with Gasteiger partial charge in [-0.2, -0.15) is 0 Å². The van der Waals surface area contributed by atoms with E-state index < -0.39 is 0 Å². The van der Waals surface area contributed by atoms with E-state index >= 15 is 0 Å². The van der Waals surface area contributed by atoms with Crippen LogP contribution in [0.2, 0.25) is 0 Å². The molecule has 1 saturated carbocycles. The fourth-order valence-corrected chi connectivity index (χ4v) is 3.43. The van der Waals surface area contributed by atoms with Crippen LogP contribution in [0.25, 0.3) is 10.1 Å². The molecule has 1 fully saturated rings. The molecule has 1 aromatic heterocycles. The van der Waals surface area contributed by atoms with E-state index in [2.05, 4.69) is 29.6 Å². The highest BCUT2D eigenvalue weighted by molar-refractivity contribution is 7.17. The van der Waals surface area contributed by atoms with Crippen LogP contribution < -0.4 is 5.73 Å². The van der Waals surface area contributed by atoms with Gasteiger partial charge in [-0.3, -0.25) is 0 Å². The van der Waals surface area contributed by atoms with Crippen LogP contribution in [0.1, 0.15) is 18.4 Å². The first-order chi connectivity index (χ1) is 7.33. The summed E-state index contributed by atoms with van der Waals surface area (Å²) in [5.41, 5.74) is 7.33. The van der Waals surface area contributed by atoms with E-state index in [9.17, 15) is 0 Å². The third-order valence-corrected chi connectivity index (χ3v) is 4.35. The molecule has 3 rings (SSSR count). The van der Waals surface area contributed by atoms with Crippen LogP contribution in [0.15, 0.2) is 29.6 Å². The number of fused-ring (bicyclic) bond motifs is 1. The highest BCUT2D eigenvalue weighted by Crippen LogP contribution is 2.33. The highest BCUT2D eigenvalue weighted by Gasteiger charge is 2.26. The molecule has 0 spiro atoms. The molecule has 1 aromatic carbocycles. The molecule has 1 aliphatic carbocycles. The summed E-state index contributed by atoms with van der Waals surface area (Å²) in [6, 6.07) is 9.16. The summed E-state index contributed by atoms with van der Waals surface area (Å²) >= 11 is 1.86. The van der Waals surface area contributed by atoms with E-state index in [-0.39, 0.29) is 0 Å². The molecular formula is C13H15NS. The van der Waals surface area contributed by atoms with Gasteiger partial charge in [-0.25, -0.2) is 0 Å². The van der Waals surface area contributed by atoms with Crippen molar-refractivity contribution < 1.29 is 0 Å². The summed E-state index contributed by atoms with van der Waals surface area (Å²) in [5.74, 6) is 0.831. The molecule has 15 heavy (non-hydrogen) atoms. The highest BCUT2D eigenvalue weighted by atomic mass is 32.1. The molecular weight excluding hydrogens is 202 g/mol. The van der Waals surface area contributed by atoms with Crippen LogP contribution in [0.5, 0.6) is 0 Å². The molecule has 0 radical (unpaired) electrons. The second kappa shape index (κ2) is 3.62. The van der Waals surface area contributed by atoms with Crippen molar-refractivity contribution in [1.29, 1.82) is 0 Å². The van der Waals surface area contributed by atoms with Gasteiger partial charge in [-0.05, 0) is 47.6 Å². The summed E-state index contributed by atoms with van der Waals surface area (Å²) in [6.07, 6.45) is 3.64. The molecule has 0 amide bonds. The van der Waals surface area contributed by atoms with Crippen molar-refractivity contribution in [3.05, 3.63) is 35.2 Å². The van der Waals surface area contributed by atoms with Gasteiger partial charge in [0, 0.05) is 10.7 Å². The molecule has 2 N–H and O–H groups in total. The number of thiophene rings is 1. The van der Waals surface area contributed by atoms with Gasteiger partial charge < -0.3 is 5.73 Å². The second-order valence-corrected chi connectivity index (χ2v) is 5.47. The monoisotopic (exact) mass is 217 g/mol. The predicted molar refractivity (Wildman–Crippen MR) is 66.2 cm³/mol. The Morgan fingerprint density at radius 3 is 2.87 bits per heavy atom. The van der Waals surface area contributed by atoms with E-state index in [1.54, 1.807) is 0 Å². The van der Waals surface area contributed by atoms with Crippen molar-refractivity contribution in [2.24, 2.45) is 11.7 Å². The Labute approximate surface area is 93.9 Å². The van der Waals surface area contributed by atoms with Crippen LogP contribution >= 0.6 is 11.3 Å². The van der Waals surface area contributed by atoms with Crippen LogP contribution in [0, 0.1) is 5.92 Å². The zero-order chi connectivity index (χ0) is 10.3. The predicted octanol–water partition coefficient (Wildman–Crippen LogP) is 3.18. The third kappa shape index (κ3) is 1.68. The Bertz CT molecular complexity index is 468. The molecule has 2 heteroatoms. The molecule has 0 saturated heterocycles. The molecule has 0 unspecified atom stereocenters. The minimum atomic E-state index is 0.472. The van der Waals surface area contributed by atoms with Crippen molar-refractivity contribution in [3.8, 4) is 0 Å². The number of rotatable bonds is 2.